The van der Waals surface area contributed by atoms with Crippen LogP contribution in [0.1, 0.15) is 22.3 Å². The summed E-state index contributed by atoms with van der Waals surface area (Å²) in [5, 5.41) is 0. The summed E-state index contributed by atoms with van der Waals surface area (Å²) in [7, 11) is 0. The molecule has 316 valence electrons. The first-order valence-corrected chi connectivity index (χ1v) is 22.6. The zero-order valence-corrected chi connectivity index (χ0v) is 37.3. The fourth-order valence-electron chi connectivity index (χ4n) is 8.52. The Hall–Kier alpha value is -8.46. The number of anilines is 6. The highest BCUT2D eigenvalue weighted by molar-refractivity contribution is 5.82. The highest BCUT2D eigenvalue weighted by atomic mass is 15.1. The van der Waals surface area contributed by atoms with E-state index in [9.17, 15) is 0 Å². The summed E-state index contributed by atoms with van der Waals surface area (Å²) in [6.07, 6.45) is 4.38. The van der Waals surface area contributed by atoms with Gasteiger partial charge in [-0.25, -0.2) is 0 Å². The Bertz CT molecular complexity index is 2930. The van der Waals surface area contributed by atoms with Gasteiger partial charge in [0.15, 0.2) is 0 Å². The molecule has 0 saturated carbocycles. The summed E-state index contributed by atoms with van der Waals surface area (Å²) >= 11 is 0. The van der Waals surface area contributed by atoms with Crippen LogP contribution in [-0.2, 0) is 0 Å². The smallest absolute Gasteiger partial charge is 0.0462 e. The Morgan fingerprint density at radius 2 is 0.409 bits per heavy atom. The number of hydrogen-bond donors (Lipinski definition) is 0. The van der Waals surface area contributed by atoms with E-state index in [1.807, 2.05) is 0 Å². The van der Waals surface area contributed by atoms with Crippen molar-refractivity contribution in [3.63, 3.8) is 0 Å². The van der Waals surface area contributed by atoms with Gasteiger partial charge in [-0.2, -0.15) is 0 Å². The monoisotopic (exact) mass is 846 g/mol. The minimum atomic E-state index is 1.10. The Morgan fingerprint density at radius 1 is 0.212 bits per heavy atom. The van der Waals surface area contributed by atoms with Gasteiger partial charge in [-0.15, -0.1) is 0 Å². The lowest BCUT2D eigenvalue weighted by molar-refractivity contribution is 1.27. The van der Waals surface area contributed by atoms with E-state index < -0.39 is 0 Å². The molecule has 0 spiro atoms. The molecule has 10 rings (SSSR count). The van der Waals surface area contributed by atoms with Crippen LogP contribution in [0.25, 0.3) is 56.7 Å². The van der Waals surface area contributed by atoms with Crippen LogP contribution in [0.15, 0.2) is 255 Å². The number of nitrogens with zero attached hydrogens (tertiary/aromatic N) is 2. The third-order valence-corrected chi connectivity index (χ3v) is 12.3. The Balaban J connectivity index is 0.859. The zero-order valence-electron chi connectivity index (χ0n) is 37.3. The van der Waals surface area contributed by atoms with E-state index in [1.54, 1.807) is 0 Å². The van der Waals surface area contributed by atoms with Crippen molar-refractivity contribution in [2.75, 3.05) is 9.80 Å². The van der Waals surface area contributed by atoms with Crippen molar-refractivity contribution >= 4 is 46.3 Å². The van der Waals surface area contributed by atoms with Gasteiger partial charge in [0, 0.05) is 34.1 Å². The standard InChI is InChI=1S/C64H50N2/c1-47-13-35-59(36-14-47)65(63-43-31-57(32-44-63)55-27-23-53(24-28-55)51-9-5-3-6-10-51)61-39-19-49(20-40-61)17-18-50-21-41-62(42-22-50)66(60-37-15-48(2)16-38-60)64-45-33-58(34-46-64)56-29-25-54(26-30-56)52-11-7-4-8-12-52/h3-46H,1-2H3. The summed E-state index contributed by atoms with van der Waals surface area (Å²) in [5.41, 5.74) is 21.1. The van der Waals surface area contributed by atoms with Crippen molar-refractivity contribution in [1.82, 2.24) is 0 Å². The third kappa shape index (κ3) is 9.40. The zero-order chi connectivity index (χ0) is 44.7. The second kappa shape index (κ2) is 19.1. The molecule has 0 fully saturated rings. The average Bonchev–Trinajstić information content (AvgIpc) is 3.39. The number of benzene rings is 10. The molecule has 2 nitrogen and oxygen atoms in total. The van der Waals surface area contributed by atoms with Crippen LogP contribution in [0.3, 0.4) is 0 Å². The van der Waals surface area contributed by atoms with Gasteiger partial charge in [-0.1, -0.05) is 205 Å². The van der Waals surface area contributed by atoms with E-state index in [1.165, 1.54) is 55.6 Å². The normalized spacial score (nSPS) is 11.1. The third-order valence-electron chi connectivity index (χ3n) is 12.3. The topological polar surface area (TPSA) is 6.48 Å². The molecule has 0 aliphatic carbocycles. The number of hydrogen-bond acceptors (Lipinski definition) is 2. The molecule has 0 bridgehead atoms. The minimum Gasteiger partial charge on any atom is -0.311 e. The molecule has 0 aliphatic heterocycles. The van der Waals surface area contributed by atoms with Crippen LogP contribution in [0.2, 0.25) is 0 Å². The van der Waals surface area contributed by atoms with E-state index in [2.05, 4.69) is 291 Å². The lowest BCUT2D eigenvalue weighted by atomic mass is 10.00. The van der Waals surface area contributed by atoms with Gasteiger partial charge >= 0.3 is 0 Å². The summed E-state index contributed by atoms with van der Waals surface area (Å²) in [6, 6.07) is 91.6. The first kappa shape index (κ1) is 41.5. The predicted molar refractivity (Wildman–Crippen MR) is 282 cm³/mol. The van der Waals surface area contributed by atoms with Crippen molar-refractivity contribution in [3.05, 3.63) is 277 Å². The van der Waals surface area contributed by atoms with Crippen molar-refractivity contribution in [2.45, 2.75) is 13.8 Å². The minimum absolute atomic E-state index is 1.10. The van der Waals surface area contributed by atoms with Crippen molar-refractivity contribution in [2.24, 2.45) is 0 Å². The fraction of sp³-hybridized carbons (Fsp3) is 0.0312. The van der Waals surface area contributed by atoms with Gasteiger partial charge in [0.2, 0.25) is 0 Å². The van der Waals surface area contributed by atoms with Crippen LogP contribution in [-0.4, -0.2) is 0 Å². The van der Waals surface area contributed by atoms with E-state index in [-0.39, 0.29) is 0 Å². The quantitative estimate of drug-likeness (QED) is 0.113. The largest absolute Gasteiger partial charge is 0.311 e. The number of aryl methyl sites for hydroxylation is 2. The Kier molecular flexibility index (Phi) is 12.0. The molecule has 0 amide bonds. The maximum atomic E-state index is 2.32. The fourth-order valence-corrected chi connectivity index (χ4v) is 8.52. The maximum absolute atomic E-state index is 2.32. The van der Waals surface area contributed by atoms with Gasteiger partial charge in [0.25, 0.3) is 0 Å². The van der Waals surface area contributed by atoms with E-state index in [0.29, 0.717) is 0 Å². The van der Waals surface area contributed by atoms with E-state index in [4.69, 9.17) is 0 Å². The molecular formula is C64H50N2. The van der Waals surface area contributed by atoms with Gasteiger partial charge in [0.1, 0.15) is 0 Å². The molecule has 0 heterocycles. The lowest BCUT2D eigenvalue weighted by Crippen LogP contribution is -2.09. The van der Waals surface area contributed by atoms with Crippen LogP contribution < -0.4 is 9.80 Å². The first-order chi connectivity index (χ1) is 32.5. The highest BCUT2D eigenvalue weighted by Gasteiger charge is 2.15. The van der Waals surface area contributed by atoms with E-state index >= 15 is 0 Å². The SMILES string of the molecule is Cc1ccc(N(c2ccc(C=Cc3ccc(N(c4ccc(C)cc4)c4ccc(-c5ccc(-c6ccccc6)cc5)cc4)cc3)cc2)c2ccc(-c3ccc(-c4ccccc4)cc3)cc2)cc1. The van der Waals surface area contributed by atoms with Gasteiger partial charge in [-0.05, 0) is 142 Å². The van der Waals surface area contributed by atoms with Gasteiger partial charge < -0.3 is 9.80 Å². The molecule has 0 aliphatic rings. The molecule has 0 unspecified atom stereocenters. The Morgan fingerprint density at radius 3 is 0.667 bits per heavy atom. The molecule has 66 heavy (non-hydrogen) atoms. The average molecular weight is 847 g/mol. The first-order valence-electron chi connectivity index (χ1n) is 22.6. The predicted octanol–water partition coefficient (Wildman–Crippen LogP) is 18.1. The van der Waals surface area contributed by atoms with Crippen molar-refractivity contribution < 1.29 is 0 Å². The molecule has 2 heteroatoms. The molecule has 10 aromatic carbocycles. The summed E-state index contributed by atoms with van der Waals surface area (Å²) in [6.45, 7) is 4.26. The van der Waals surface area contributed by atoms with Crippen molar-refractivity contribution in [1.29, 1.82) is 0 Å². The molecule has 0 saturated heterocycles. The highest BCUT2D eigenvalue weighted by Crippen LogP contribution is 2.38. The van der Waals surface area contributed by atoms with Crippen molar-refractivity contribution in [3.8, 4) is 44.5 Å². The summed E-state index contributed by atoms with van der Waals surface area (Å²) in [5.74, 6) is 0. The summed E-state index contributed by atoms with van der Waals surface area (Å²) < 4.78 is 0. The Labute approximate surface area is 389 Å². The van der Waals surface area contributed by atoms with Crippen LogP contribution >= 0.6 is 0 Å². The van der Waals surface area contributed by atoms with Crippen LogP contribution in [0.4, 0.5) is 34.1 Å². The van der Waals surface area contributed by atoms with E-state index in [0.717, 1.165) is 45.3 Å². The molecule has 10 aromatic rings. The lowest BCUT2D eigenvalue weighted by Gasteiger charge is -2.26. The molecule has 0 aromatic heterocycles. The van der Waals surface area contributed by atoms with Gasteiger partial charge in [-0.3, -0.25) is 0 Å². The molecule has 0 radical (unpaired) electrons. The number of rotatable bonds is 12. The molecule has 0 atom stereocenters. The second-order valence-corrected chi connectivity index (χ2v) is 16.8. The summed E-state index contributed by atoms with van der Waals surface area (Å²) in [4.78, 5) is 4.65. The van der Waals surface area contributed by atoms with Gasteiger partial charge in [0.05, 0.1) is 0 Å². The van der Waals surface area contributed by atoms with Crippen LogP contribution in [0, 0.1) is 13.8 Å². The molecular weight excluding hydrogens is 797 g/mol. The second-order valence-electron chi connectivity index (χ2n) is 16.8. The molecule has 0 N–H and O–H groups in total. The maximum Gasteiger partial charge on any atom is 0.0462 e. The van der Waals surface area contributed by atoms with Crippen LogP contribution in [0.5, 0.6) is 0 Å².